The standard InChI is InChI=1S/C25H31N9/c1-33-24(18-5-3-2-4-6-18)22-20(32-33)8-7-19-17-29-25(31-23(19)22)30-21(26)9-10-27-11-14-34-15-12-28-13-16-34/h2-6,9-10,17,27-28H,7-8,11-16H2,1H3,(H2,26,29,30,31)/b10-9-. The first-order valence-corrected chi connectivity index (χ1v) is 11.8. The number of nitrogens with two attached hydrogens (primary N) is 1. The lowest BCUT2D eigenvalue weighted by Crippen LogP contribution is -2.45. The third kappa shape index (κ3) is 4.85. The molecule has 0 bridgehead atoms. The van der Waals surface area contributed by atoms with Gasteiger partial charge < -0.3 is 16.4 Å². The van der Waals surface area contributed by atoms with Crippen LogP contribution < -0.4 is 16.4 Å². The average Bonchev–Trinajstić information content (AvgIpc) is 3.21. The summed E-state index contributed by atoms with van der Waals surface area (Å²) in [5, 5.41) is 11.4. The Bertz CT molecular complexity index is 1190. The molecule has 2 aliphatic rings. The van der Waals surface area contributed by atoms with E-state index in [0.29, 0.717) is 11.8 Å². The molecule has 5 rings (SSSR count). The van der Waals surface area contributed by atoms with Crippen molar-refractivity contribution in [3.05, 3.63) is 60.1 Å². The van der Waals surface area contributed by atoms with Crippen molar-refractivity contribution in [2.75, 3.05) is 39.3 Å². The van der Waals surface area contributed by atoms with Gasteiger partial charge in [-0.25, -0.2) is 9.97 Å². The fourth-order valence-electron chi connectivity index (χ4n) is 4.57. The molecule has 9 nitrogen and oxygen atoms in total. The minimum Gasteiger partial charge on any atom is -0.389 e. The van der Waals surface area contributed by atoms with Gasteiger partial charge >= 0.3 is 0 Å². The van der Waals surface area contributed by atoms with Crippen LogP contribution in [0.5, 0.6) is 0 Å². The van der Waals surface area contributed by atoms with E-state index in [1.54, 1.807) is 6.08 Å². The summed E-state index contributed by atoms with van der Waals surface area (Å²) in [5.41, 5.74) is 12.4. The summed E-state index contributed by atoms with van der Waals surface area (Å²) in [6.45, 7) is 6.18. The van der Waals surface area contributed by atoms with Crippen molar-refractivity contribution in [1.82, 2.24) is 35.3 Å². The predicted octanol–water partition coefficient (Wildman–Crippen LogP) is 1.64. The zero-order valence-electron chi connectivity index (χ0n) is 19.5. The van der Waals surface area contributed by atoms with E-state index in [2.05, 4.69) is 37.6 Å². The van der Waals surface area contributed by atoms with Crippen LogP contribution in [0.2, 0.25) is 0 Å². The maximum Gasteiger partial charge on any atom is 0.251 e. The van der Waals surface area contributed by atoms with Gasteiger partial charge in [-0.05, 0) is 24.5 Å². The lowest BCUT2D eigenvalue weighted by molar-refractivity contribution is 0.244. The lowest BCUT2D eigenvalue weighted by Gasteiger charge is -2.26. The Balaban J connectivity index is 1.32. The van der Waals surface area contributed by atoms with Crippen LogP contribution >= 0.6 is 0 Å². The minimum absolute atomic E-state index is 0.359. The Hall–Kier alpha value is -3.56. The number of nitrogens with one attached hydrogen (secondary N) is 2. The highest BCUT2D eigenvalue weighted by Gasteiger charge is 2.26. The molecule has 1 aromatic carbocycles. The Labute approximate surface area is 199 Å². The van der Waals surface area contributed by atoms with Gasteiger partial charge in [-0.2, -0.15) is 10.1 Å². The smallest absolute Gasteiger partial charge is 0.251 e. The zero-order valence-corrected chi connectivity index (χ0v) is 19.5. The zero-order chi connectivity index (χ0) is 23.3. The second-order valence-electron chi connectivity index (χ2n) is 8.62. The van der Waals surface area contributed by atoms with Crippen molar-refractivity contribution < 1.29 is 0 Å². The summed E-state index contributed by atoms with van der Waals surface area (Å²) >= 11 is 0. The summed E-state index contributed by atoms with van der Waals surface area (Å²) in [4.78, 5) is 16.1. The number of nitrogens with zero attached hydrogens (tertiary/aromatic N) is 6. The Morgan fingerprint density at radius 2 is 2.03 bits per heavy atom. The molecular formula is C25H31N9. The van der Waals surface area contributed by atoms with Gasteiger partial charge in [0.15, 0.2) is 0 Å². The van der Waals surface area contributed by atoms with Crippen LogP contribution in [0.1, 0.15) is 11.3 Å². The van der Waals surface area contributed by atoms with E-state index in [1.807, 2.05) is 42.3 Å². The van der Waals surface area contributed by atoms with Crippen molar-refractivity contribution in [1.29, 1.82) is 0 Å². The van der Waals surface area contributed by atoms with Gasteiger partial charge in [0.05, 0.1) is 17.1 Å². The first-order chi connectivity index (χ1) is 16.7. The van der Waals surface area contributed by atoms with Crippen LogP contribution in [-0.2, 0) is 19.9 Å². The fourth-order valence-corrected chi connectivity index (χ4v) is 4.57. The largest absolute Gasteiger partial charge is 0.389 e. The normalized spacial score (nSPS) is 16.4. The Kier molecular flexibility index (Phi) is 6.64. The number of hydrogen-bond acceptors (Lipinski definition) is 7. The van der Waals surface area contributed by atoms with E-state index in [4.69, 9.17) is 15.8 Å². The minimum atomic E-state index is 0.359. The van der Waals surface area contributed by atoms with E-state index in [9.17, 15) is 0 Å². The van der Waals surface area contributed by atoms with Crippen molar-refractivity contribution in [3.8, 4) is 22.5 Å². The monoisotopic (exact) mass is 457 g/mol. The molecule has 2 aromatic heterocycles. The predicted molar refractivity (Wildman–Crippen MR) is 135 cm³/mol. The molecule has 0 radical (unpaired) electrons. The van der Waals surface area contributed by atoms with Crippen LogP contribution in [0, 0.1) is 0 Å². The number of amidine groups is 1. The maximum absolute atomic E-state index is 6.13. The first kappa shape index (κ1) is 22.2. The van der Waals surface area contributed by atoms with Crippen LogP contribution in [0.15, 0.2) is 53.8 Å². The van der Waals surface area contributed by atoms with Crippen LogP contribution in [0.4, 0.5) is 5.95 Å². The SMILES string of the molecule is Cn1nc2c(c1-c1ccccc1)-c1nc(N=C(N)/C=C\NCCN3CCNCC3)ncc1CC2. The van der Waals surface area contributed by atoms with E-state index in [-0.39, 0.29) is 0 Å². The number of rotatable bonds is 7. The summed E-state index contributed by atoms with van der Waals surface area (Å²) in [5.74, 6) is 0.720. The molecule has 1 aliphatic carbocycles. The number of piperazine rings is 1. The molecular weight excluding hydrogens is 426 g/mol. The summed E-state index contributed by atoms with van der Waals surface area (Å²) in [6, 6.07) is 10.3. The molecule has 34 heavy (non-hydrogen) atoms. The topological polar surface area (TPSA) is 109 Å². The number of fused-ring (bicyclic) bond motifs is 3. The van der Waals surface area contributed by atoms with E-state index in [0.717, 1.165) is 85.9 Å². The molecule has 0 saturated carbocycles. The van der Waals surface area contributed by atoms with Crippen molar-refractivity contribution in [2.45, 2.75) is 12.8 Å². The van der Waals surface area contributed by atoms with Crippen LogP contribution in [0.3, 0.4) is 0 Å². The molecule has 0 unspecified atom stereocenters. The van der Waals surface area contributed by atoms with Gasteiger partial charge in [-0.15, -0.1) is 0 Å². The molecule has 0 amide bonds. The summed E-state index contributed by atoms with van der Waals surface area (Å²) in [6.07, 6.45) is 7.20. The fraction of sp³-hybridized carbons (Fsp3) is 0.360. The number of aliphatic imine (C=N–C) groups is 1. The second kappa shape index (κ2) is 10.1. The highest BCUT2D eigenvalue weighted by Crippen LogP contribution is 2.39. The summed E-state index contributed by atoms with van der Waals surface area (Å²) < 4.78 is 1.95. The van der Waals surface area contributed by atoms with Crippen molar-refractivity contribution >= 4 is 11.8 Å². The van der Waals surface area contributed by atoms with Gasteiger partial charge in [0, 0.05) is 69.8 Å². The quantitative estimate of drug-likeness (QED) is 0.281. The molecule has 1 fully saturated rings. The molecule has 9 heteroatoms. The number of aryl methyl sites for hydroxylation is 3. The number of aromatic nitrogens is 4. The second-order valence-corrected chi connectivity index (χ2v) is 8.62. The highest BCUT2D eigenvalue weighted by atomic mass is 15.3. The third-order valence-electron chi connectivity index (χ3n) is 6.27. The molecule has 176 valence electrons. The van der Waals surface area contributed by atoms with E-state index < -0.39 is 0 Å². The summed E-state index contributed by atoms with van der Waals surface area (Å²) in [7, 11) is 1.98. The van der Waals surface area contributed by atoms with Crippen LogP contribution in [0.25, 0.3) is 22.5 Å². The molecule has 0 atom stereocenters. The molecule has 1 aliphatic heterocycles. The maximum atomic E-state index is 6.13. The van der Waals surface area contributed by atoms with E-state index >= 15 is 0 Å². The molecule has 0 spiro atoms. The van der Waals surface area contributed by atoms with Crippen molar-refractivity contribution in [3.63, 3.8) is 0 Å². The average molecular weight is 458 g/mol. The number of hydrogen-bond donors (Lipinski definition) is 3. The molecule has 3 heterocycles. The lowest BCUT2D eigenvalue weighted by atomic mass is 9.91. The van der Waals surface area contributed by atoms with Gasteiger partial charge in [-0.1, -0.05) is 30.3 Å². The van der Waals surface area contributed by atoms with Gasteiger partial charge in [0.1, 0.15) is 5.84 Å². The van der Waals surface area contributed by atoms with Gasteiger partial charge in [-0.3, -0.25) is 9.58 Å². The Morgan fingerprint density at radius 3 is 2.85 bits per heavy atom. The Morgan fingerprint density at radius 1 is 1.21 bits per heavy atom. The third-order valence-corrected chi connectivity index (χ3v) is 6.27. The molecule has 1 saturated heterocycles. The highest BCUT2D eigenvalue weighted by molar-refractivity contribution is 5.93. The number of benzene rings is 1. The van der Waals surface area contributed by atoms with Crippen molar-refractivity contribution in [2.24, 2.45) is 17.8 Å². The van der Waals surface area contributed by atoms with Crippen LogP contribution in [-0.4, -0.2) is 69.8 Å². The van der Waals surface area contributed by atoms with E-state index in [1.165, 1.54) is 0 Å². The molecule has 4 N–H and O–H groups in total. The van der Waals surface area contributed by atoms with Gasteiger partial charge in [0.25, 0.3) is 5.95 Å². The van der Waals surface area contributed by atoms with Gasteiger partial charge in [0.2, 0.25) is 0 Å². The molecule has 3 aromatic rings. The first-order valence-electron chi connectivity index (χ1n) is 11.8.